The molecule has 2 rings (SSSR count). The van der Waals surface area contributed by atoms with Gasteiger partial charge < -0.3 is 10.5 Å². The molecule has 1 aliphatic carbocycles. The van der Waals surface area contributed by atoms with Crippen LogP contribution in [0.5, 0.6) is 0 Å². The summed E-state index contributed by atoms with van der Waals surface area (Å²) >= 11 is 0. The molecule has 0 saturated carbocycles. The maximum Gasteiger partial charge on any atom is 0.334 e. The van der Waals surface area contributed by atoms with E-state index in [9.17, 15) is 9.59 Å². The van der Waals surface area contributed by atoms with Crippen LogP contribution >= 0.6 is 0 Å². The zero-order chi connectivity index (χ0) is 13.7. The van der Waals surface area contributed by atoms with Gasteiger partial charge in [0.15, 0.2) is 0 Å². The van der Waals surface area contributed by atoms with E-state index < -0.39 is 5.91 Å². The summed E-state index contributed by atoms with van der Waals surface area (Å²) in [4.78, 5) is 22.9. The number of allylic oxidation sites excluding steroid dienone is 1. The van der Waals surface area contributed by atoms with Crippen molar-refractivity contribution in [3.8, 4) is 0 Å². The standard InChI is InChI=1S/C15H17NO3/c16-14(17)13-8-4-5-11(9-13)10-19-15(18)12-6-2-1-3-7-12/h4-6,8-9H,1-3,7,10H2,(H2,16,17). The van der Waals surface area contributed by atoms with Crippen LogP contribution < -0.4 is 5.73 Å². The first-order valence-corrected chi connectivity index (χ1v) is 6.42. The SMILES string of the molecule is NC(=O)c1cccc(COC(=O)C2=CCCCC2)c1. The molecule has 1 amide bonds. The van der Waals surface area contributed by atoms with E-state index in [-0.39, 0.29) is 12.6 Å². The zero-order valence-electron chi connectivity index (χ0n) is 10.7. The van der Waals surface area contributed by atoms with E-state index in [1.165, 1.54) is 0 Å². The van der Waals surface area contributed by atoms with E-state index in [2.05, 4.69) is 0 Å². The lowest BCUT2D eigenvalue weighted by Gasteiger charge is -2.12. The number of ether oxygens (including phenoxy) is 1. The molecule has 0 heterocycles. The molecule has 1 aromatic carbocycles. The highest BCUT2D eigenvalue weighted by molar-refractivity contribution is 5.93. The first-order chi connectivity index (χ1) is 9.16. The predicted molar refractivity (Wildman–Crippen MR) is 71.3 cm³/mol. The van der Waals surface area contributed by atoms with Gasteiger partial charge in [0, 0.05) is 11.1 Å². The number of hydrogen-bond donors (Lipinski definition) is 1. The van der Waals surface area contributed by atoms with Crippen molar-refractivity contribution < 1.29 is 14.3 Å². The molecule has 100 valence electrons. The summed E-state index contributed by atoms with van der Waals surface area (Å²) in [5, 5.41) is 0. The lowest BCUT2D eigenvalue weighted by molar-refractivity contribution is -0.140. The highest BCUT2D eigenvalue weighted by Gasteiger charge is 2.13. The summed E-state index contributed by atoms with van der Waals surface area (Å²) in [6.45, 7) is 0.164. The summed E-state index contributed by atoms with van der Waals surface area (Å²) in [6.07, 6.45) is 5.86. The normalized spacial score (nSPS) is 14.6. The summed E-state index contributed by atoms with van der Waals surface area (Å²) in [5.74, 6) is -0.743. The first-order valence-electron chi connectivity index (χ1n) is 6.42. The smallest absolute Gasteiger partial charge is 0.334 e. The fourth-order valence-electron chi connectivity index (χ4n) is 2.08. The second-order valence-electron chi connectivity index (χ2n) is 4.62. The van der Waals surface area contributed by atoms with Crippen molar-refractivity contribution in [2.24, 2.45) is 5.73 Å². The lowest BCUT2D eigenvalue weighted by atomic mass is 10.00. The van der Waals surface area contributed by atoms with Gasteiger partial charge in [-0.25, -0.2) is 4.79 Å². The second kappa shape index (κ2) is 6.18. The van der Waals surface area contributed by atoms with E-state index in [1.807, 2.05) is 6.08 Å². The molecular weight excluding hydrogens is 242 g/mol. The Morgan fingerprint density at radius 3 is 2.79 bits per heavy atom. The number of benzene rings is 1. The molecule has 0 atom stereocenters. The van der Waals surface area contributed by atoms with Crippen molar-refractivity contribution in [1.29, 1.82) is 0 Å². The average Bonchev–Trinajstić information content (AvgIpc) is 2.46. The van der Waals surface area contributed by atoms with E-state index in [1.54, 1.807) is 24.3 Å². The Morgan fingerprint density at radius 2 is 2.11 bits per heavy atom. The highest BCUT2D eigenvalue weighted by Crippen LogP contribution is 2.19. The van der Waals surface area contributed by atoms with Crippen molar-refractivity contribution in [2.75, 3.05) is 0 Å². The summed E-state index contributed by atoms with van der Waals surface area (Å²) < 4.78 is 5.24. The first kappa shape index (κ1) is 13.3. The third-order valence-corrected chi connectivity index (χ3v) is 3.13. The Labute approximate surface area is 112 Å². The molecule has 0 unspecified atom stereocenters. The predicted octanol–water partition coefficient (Wildman–Crippen LogP) is 2.33. The Balaban J connectivity index is 1.95. The van der Waals surface area contributed by atoms with Crippen LogP contribution in [-0.4, -0.2) is 11.9 Å². The molecule has 1 aromatic rings. The van der Waals surface area contributed by atoms with Crippen LogP contribution in [0.3, 0.4) is 0 Å². The molecule has 0 spiro atoms. The molecule has 0 aromatic heterocycles. The number of amides is 1. The highest BCUT2D eigenvalue weighted by atomic mass is 16.5. The maximum absolute atomic E-state index is 11.8. The van der Waals surface area contributed by atoms with Gasteiger partial charge in [0.05, 0.1) is 0 Å². The van der Waals surface area contributed by atoms with Gasteiger partial charge in [0.2, 0.25) is 5.91 Å². The van der Waals surface area contributed by atoms with E-state index in [4.69, 9.17) is 10.5 Å². The van der Waals surface area contributed by atoms with Crippen LogP contribution in [0.2, 0.25) is 0 Å². The zero-order valence-corrected chi connectivity index (χ0v) is 10.7. The van der Waals surface area contributed by atoms with Crippen LogP contribution in [0.15, 0.2) is 35.9 Å². The minimum absolute atomic E-state index is 0.164. The van der Waals surface area contributed by atoms with Crippen LogP contribution in [0.4, 0.5) is 0 Å². The minimum atomic E-state index is -0.483. The molecular formula is C15H17NO3. The van der Waals surface area contributed by atoms with Gasteiger partial charge >= 0.3 is 5.97 Å². The van der Waals surface area contributed by atoms with Gasteiger partial charge in [0.25, 0.3) is 0 Å². The van der Waals surface area contributed by atoms with Gasteiger partial charge in [-0.05, 0) is 43.4 Å². The number of nitrogens with two attached hydrogens (primary N) is 1. The molecule has 2 N–H and O–H groups in total. The van der Waals surface area contributed by atoms with Crippen molar-refractivity contribution in [1.82, 2.24) is 0 Å². The molecule has 0 saturated heterocycles. The quantitative estimate of drug-likeness (QED) is 0.844. The van der Waals surface area contributed by atoms with Gasteiger partial charge in [-0.1, -0.05) is 18.2 Å². The van der Waals surface area contributed by atoms with Gasteiger partial charge in [-0.2, -0.15) is 0 Å². The molecule has 0 fully saturated rings. The molecule has 0 radical (unpaired) electrons. The van der Waals surface area contributed by atoms with Crippen LogP contribution in [-0.2, 0) is 16.1 Å². The van der Waals surface area contributed by atoms with Gasteiger partial charge in [0.1, 0.15) is 6.61 Å². The van der Waals surface area contributed by atoms with Crippen molar-refractivity contribution in [3.63, 3.8) is 0 Å². The fraction of sp³-hybridized carbons (Fsp3) is 0.333. The van der Waals surface area contributed by atoms with Gasteiger partial charge in [-0.15, -0.1) is 0 Å². The number of rotatable bonds is 4. The summed E-state index contributed by atoms with van der Waals surface area (Å²) in [7, 11) is 0. The molecule has 4 nitrogen and oxygen atoms in total. The van der Waals surface area contributed by atoms with E-state index in [0.717, 1.165) is 36.8 Å². The van der Waals surface area contributed by atoms with Crippen LogP contribution in [0, 0.1) is 0 Å². The minimum Gasteiger partial charge on any atom is -0.457 e. The molecule has 19 heavy (non-hydrogen) atoms. The largest absolute Gasteiger partial charge is 0.457 e. The average molecular weight is 259 g/mol. The number of carbonyl (C=O) groups excluding carboxylic acids is 2. The molecule has 1 aliphatic rings. The fourth-order valence-corrected chi connectivity index (χ4v) is 2.08. The lowest BCUT2D eigenvalue weighted by Crippen LogP contribution is -2.12. The van der Waals surface area contributed by atoms with Crippen molar-refractivity contribution >= 4 is 11.9 Å². The maximum atomic E-state index is 11.8. The third kappa shape index (κ3) is 3.68. The monoisotopic (exact) mass is 259 g/mol. The Hall–Kier alpha value is -2.10. The van der Waals surface area contributed by atoms with Gasteiger partial charge in [-0.3, -0.25) is 4.79 Å². The number of esters is 1. The second-order valence-corrected chi connectivity index (χ2v) is 4.62. The number of primary amides is 1. The molecule has 0 bridgehead atoms. The number of hydrogen-bond acceptors (Lipinski definition) is 3. The van der Waals surface area contributed by atoms with Crippen LogP contribution in [0.1, 0.15) is 41.6 Å². The van der Waals surface area contributed by atoms with Crippen LogP contribution in [0.25, 0.3) is 0 Å². The third-order valence-electron chi connectivity index (χ3n) is 3.13. The van der Waals surface area contributed by atoms with Crippen molar-refractivity contribution in [3.05, 3.63) is 47.0 Å². The Kier molecular flexibility index (Phi) is 4.34. The van der Waals surface area contributed by atoms with E-state index >= 15 is 0 Å². The molecule has 0 aliphatic heterocycles. The number of carbonyl (C=O) groups is 2. The topological polar surface area (TPSA) is 69.4 Å². The summed E-state index contributed by atoms with van der Waals surface area (Å²) in [5.41, 5.74) is 7.15. The Bertz CT molecular complexity index is 520. The van der Waals surface area contributed by atoms with Crippen molar-refractivity contribution in [2.45, 2.75) is 32.3 Å². The Morgan fingerprint density at radius 1 is 1.26 bits per heavy atom. The summed E-state index contributed by atoms with van der Waals surface area (Å²) in [6, 6.07) is 6.81. The molecule has 4 heteroatoms. The van der Waals surface area contributed by atoms with E-state index in [0.29, 0.717) is 5.56 Å².